The summed E-state index contributed by atoms with van der Waals surface area (Å²) in [5.74, 6) is 0.243. The molecule has 0 spiro atoms. The van der Waals surface area contributed by atoms with E-state index >= 15 is 0 Å². The number of rotatable bonds is 4. The minimum absolute atomic E-state index is 0.0584. The molecule has 0 aliphatic carbocycles. The molecule has 0 amide bonds. The van der Waals surface area contributed by atoms with Crippen molar-refractivity contribution in [3.63, 3.8) is 0 Å². The van der Waals surface area contributed by atoms with Gasteiger partial charge in [-0.15, -0.1) is 0 Å². The molecule has 3 rings (SSSR count). The maximum absolute atomic E-state index is 11.3. The number of anilines is 2. The highest BCUT2D eigenvalue weighted by molar-refractivity contribution is 5.94. The van der Waals surface area contributed by atoms with Gasteiger partial charge in [0.05, 0.1) is 23.2 Å². The van der Waals surface area contributed by atoms with Gasteiger partial charge in [0.1, 0.15) is 0 Å². The molecule has 0 aliphatic rings. The second kappa shape index (κ2) is 6.16. The Kier molecular flexibility index (Phi) is 4.04. The summed E-state index contributed by atoms with van der Waals surface area (Å²) in [6, 6.07) is 14.7. The van der Waals surface area contributed by atoms with E-state index in [1.54, 1.807) is 12.1 Å². The summed E-state index contributed by atoms with van der Waals surface area (Å²) in [7, 11) is 3.30. The van der Waals surface area contributed by atoms with Crippen molar-refractivity contribution in [1.82, 2.24) is 4.98 Å². The van der Waals surface area contributed by atoms with Crippen LogP contribution in [0.3, 0.4) is 0 Å². The van der Waals surface area contributed by atoms with E-state index in [-0.39, 0.29) is 11.4 Å². The first kappa shape index (κ1) is 15.7. The van der Waals surface area contributed by atoms with Crippen molar-refractivity contribution in [2.75, 3.05) is 19.1 Å². The summed E-state index contributed by atoms with van der Waals surface area (Å²) in [6.07, 6.45) is 0. The van der Waals surface area contributed by atoms with Gasteiger partial charge < -0.3 is 9.64 Å². The van der Waals surface area contributed by atoms with Crippen LogP contribution in [-0.2, 0) is 0 Å². The molecule has 0 saturated heterocycles. The van der Waals surface area contributed by atoms with Crippen LogP contribution in [0.4, 0.5) is 17.1 Å². The highest BCUT2D eigenvalue weighted by Crippen LogP contribution is 2.36. The molecule has 6 nitrogen and oxygen atoms in total. The zero-order valence-electron chi connectivity index (χ0n) is 13.7. The van der Waals surface area contributed by atoms with E-state index in [0.717, 1.165) is 22.3 Å². The number of para-hydroxylation sites is 1. The van der Waals surface area contributed by atoms with Gasteiger partial charge in [-0.05, 0) is 31.2 Å². The van der Waals surface area contributed by atoms with Gasteiger partial charge in [-0.1, -0.05) is 18.2 Å². The summed E-state index contributed by atoms with van der Waals surface area (Å²) in [5, 5.41) is 12.2. The summed E-state index contributed by atoms with van der Waals surface area (Å²) in [4.78, 5) is 17.3. The van der Waals surface area contributed by atoms with Crippen LogP contribution in [0.1, 0.15) is 5.69 Å². The fraction of sp³-hybridized carbons (Fsp3) is 0.167. The van der Waals surface area contributed by atoms with Gasteiger partial charge >= 0.3 is 5.69 Å². The Morgan fingerprint density at radius 1 is 1.17 bits per heavy atom. The van der Waals surface area contributed by atoms with Crippen LogP contribution >= 0.6 is 0 Å². The van der Waals surface area contributed by atoms with Crippen LogP contribution in [0.15, 0.2) is 48.5 Å². The van der Waals surface area contributed by atoms with Crippen LogP contribution in [0, 0.1) is 17.0 Å². The summed E-state index contributed by atoms with van der Waals surface area (Å²) < 4.78 is 5.07. The number of benzene rings is 2. The van der Waals surface area contributed by atoms with E-state index in [2.05, 4.69) is 4.98 Å². The summed E-state index contributed by atoms with van der Waals surface area (Å²) in [6.45, 7) is 1.93. The predicted octanol–water partition coefficient (Wildman–Crippen LogP) is 4.23. The van der Waals surface area contributed by atoms with E-state index in [0.29, 0.717) is 5.69 Å². The molecule has 0 N–H and O–H groups in total. The van der Waals surface area contributed by atoms with E-state index in [1.165, 1.54) is 13.2 Å². The monoisotopic (exact) mass is 323 g/mol. The first-order valence-corrected chi connectivity index (χ1v) is 7.44. The average Bonchev–Trinajstić information content (AvgIpc) is 2.59. The van der Waals surface area contributed by atoms with Crippen molar-refractivity contribution < 1.29 is 9.66 Å². The predicted molar refractivity (Wildman–Crippen MR) is 94.2 cm³/mol. The molecule has 0 saturated carbocycles. The lowest BCUT2D eigenvalue weighted by Crippen LogP contribution is -2.11. The Morgan fingerprint density at radius 2 is 1.92 bits per heavy atom. The maximum atomic E-state index is 11.3. The standard InChI is InChI=1S/C18H17N3O3/c1-12-10-16(14-6-4-5-7-15(14)19-12)20(2)13-8-9-18(24-3)17(11-13)21(22)23/h4-11H,1-3H3. The van der Waals surface area contributed by atoms with Crippen molar-refractivity contribution >= 4 is 28.0 Å². The van der Waals surface area contributed by atoms with Gasteiger partial charge in [0.2, 0.25) is 0 Å². The molecule has 3 aromatic rings. The minimum atomic E-state index is -0.438. The van der Waals surface area contributed by atoms with E-state index in [1.807, 2.05) is 49.2 Å². The molecular weight excluding hydrogens is 306 g/mol. The number of ether oxygens (including phenoxy) is 1. The van der Waals surface area contributed by atoms with Crippen molar-refractivity contribution in [1.29, 1.82) is 0 Å². The van der Waals surface area contributed by atoms with Gasteiger partial charge in [-0.3, -0.25) is 15.1 Å². The van der Waals surface area contributed by atoms with Crippen LogP contribution in [0.25, 0.3) is 10.9 Å². The van der Waals surface area contributed by atoms with E-state index in [4.69, 9.17) is 4.74 Å². The zero-order valence-corrected chi connectivity index (χ0v) is 13.7. The molecule has 0 aliphatic heterocycles. The molecule has 122 valence electrons. The van der Waals surface area contributed by atoms with Crippen LogP contribution in [0.2, 0.25) is 0 Å². The van der Waals surface area contributed by atoms with Gasteiger partial charge in [0, 0.05) is 29.9 Å². The number of aryl methyl sites for hydroxylation is 1. The Balaban J connectivity index is 2.15. The third-order valence-electron chi connectivity index (χ3n) is 3.93. The number of fused-ring (bicyclic) bond motifs is 1. The van der Waals surface area contributed by atoms with Gasteiger partial charge in [0.25, 0.3) is 0 Å². The molecule has 1 aromatic heterocycles. The van der Waals surface area contributed by atoms with Crippen molar-refractivity contribution in [3.8, 4) is 5.75 Å². The lowest BCUT2D eigenvalue weighted by molar-refractivity contribution is -0.385. The lowest BCUT2D eigenvalue weighted by Gasteiger charge is -2.22. The molecular formula is C18H17N3O3. The number of methoxy groups -OCH3 is 1. The number of nitro benzene ring substituents is 1. The Morgan fingerprint density at radius 3 is 2.62 bits per heavy atom. The molecule has 0 bridgehead atoms. The summed E-state index contributed by atoms with van der Waals surface area (Å²) in [5.41, 5.74) is 3.37. The smallest absolute Gasteiger partial charge is 0.312 e. The molecule has 0 radical (unpaired) electrons. The maximum Gasteiger partial charge on any atom is 0.312 e. The van der Waals surface area contributed by atoms with Gasteiger partial charge in [0.15, 0.2) is 5.75 Å². The molecule has 1 heterocycles. The lowest BCUT2D eigenvalue weighted by atomic mass is 10.1. The first-order valence-electron chi connectivity index (χ1n) is 7.44. The second-order valence-electron chi connectivity index (χ2n) is 5.47. The highest BCUT2D eigenvalue weighted by Gasteiger charge is 2.18. The minimum Gasteiger partial charge on any atom is -0.490 e. The van der Waals surface area contributed by atoms with Gasteiger partial charge in [-0.25, -0.2) is 0 Å². The van der Waals surface area contributed by atoms with Crippen LogP contribution in [0.5, 0.6) is 5.75 Å². The normalized spacial score (nSPS) is 10.6. The first-order chi connectivity index (χ1) is 11.5. The third-order valence-corrected chi connectivity index (χ3v) is 3.93. The fourth-order valence-corrected chi connectivity index (χ4v) is 2.73. The van der Waals surface area contributed by atoms with Crippen LogP contribution in [-0.4, -0.2) is 24.1 Å². The second-order valence-corrected chi connectivity index (χ2v) is 5.47. The molecule has 0 atom stereocenters. The average molecular weight is 323 g/mol. The Hall–Kier alpha value is -3.15. The highest BCUT2D eigenvalue weighted by atomic mass is 16.6. The SMILES string of the molecule is COc1ccc(N(C)c2cc(C)nc3ccccc23)cc1[N+](=O)[O-]. The molecule has 2 aromatic carbocycles. The topological polar surface area (TPSA) is 68.5 Å². The zero-order chi connectivity index (χ0) is 17.3. The number of hydrogen-bond acceptors (Lipinski definition) is 5. The number of aromatic nitrogens is 1. The van der Waals surface area contributed by atoms with Crippen molar-refractivity contribution in [2.45, 2.75) is 6.92 Å². The van der Waals surface area contributed by atoms with Gasteiger partial charge in [-0.2, -0.15) is 0 Å². The largest absolute Gasteiger partial charge is 0.490 e. The van der Waals surface area contributed by atoms with Crippen molar-refractivity contribution in [3.05, 3.63) is 64.3 Å². The number of pyridine rings is 1. The number of nitro groups is 1. The molecule has 0 fully saturated rings. The quantitative estimate of drug-likeness (QED) is 0.531. The Bertz CT molecular complexity index is 925. The van der Waals surface area contributed by atoms with E-state index in [9.17, 15) is 10.1 Å². The van der Waals surface area contributed by atoms with Crippen molar-refractivity contribution in [2.24, 2.45) is 0 Å². The third kappa shape index (κ3) is 2.74. The summed E-state index contributed by atoms with van der Waals surface area (Å²) >= 11 is 0. The number of nitrogens with zero attached hydrogens (tertiary/aromatic N) is 3. The molecule has 0 unspecified atom stereocenters. The van der Waals surface area contributed by atoms with Crippen LogP contribution < -0.4 is 9.64 Å². The van der Waals surface area contributed by atoms with E-state index < -0.39 is 4.92 Å². The molecule has 24 heavy (non-hydrogen) atoms. The Labute approximate surface area is 139 Å². The number of hydrogen-bond donors (Lipinski definition) is 0. The molecule has 6 heteroatoms. The fourth-order valence-electron chi connectivity index (χ4n) is 2.73.